The summed E-state index contributed by atoms with van der Waals surface area (Å²) in [6, 6.07) is 10.7. The van der Waals surface area contributed by atoms with Crippen molar-refractivity contribution in [3.8, 4) is 5.75 Å². The van der Waals surface area contributed by atoms with Gasteiger partial charge in [0.1, 0.15) is 5.75 Å². The second-order valence-electron chi connectivity index (χ2n) is 5.70. The zero-order valence-electron chi connectivity index (χ0n) is 12.2. The molecule has 0 atom stereocenters. The smallest absolute Gasteiger partial charge is 0.403 e. The highest BCUT2D eigenvalue weighted by atomic mass is 32.1. The van der Waals surface area contributed by atoms with Gasteiger partial charge in [-0.05, 0) is 5.39 Å². The molecule has 0 aliphatic carbocycles. The summed E-state index contributed by atoms with van der Waals surface area (Å²) in [5, 5.41) is 1.08. The molecule has 7 heteroatoms. The summed E-state index contributed by atoms with van der Waals surface area (Å²) in [6.45, 7) is 3.61. The topological polar surface area (TPSA) is 83.8 Å². The lowest BCUT2D eigenvalue weighted by Crippen LogP contribution is -2.21. The van der Waals surface area contributed by atoms with Gasteiger partial charge in [-0.15, -0.1) is 12.6 Å². The molecule has 118 valence electrons. The maximum Gasteiger partial charge on any atom is 0.524 e. The van der Waals surface area contributed by atoms with Crippen molar-refractivity contribution in [3.05, 3.63) is 42.0 Å². The molecule has 0 bridgehead atoms. The molecule has 0 amide bonds. The molecule has 2 aromatic rings. The first kappa shape index (κ1) is 17.0. The number of rotatable bonds is 5. The average molecular weight is 340 g/mol. The number of phosphoric acid groups is 1. The van der Waals surface area contributed by atoms with Crippen molar-refractivity contribution in [2.45, 2.75) is 25.7 Å². The van der Waals surface area contributed by atoms with Gasteiger partial charge in [-0.3, -0.25) is 14.6 Å². The van der Waals surface area contributed by atoms with Crippen molar-refractivity contribution in [1.82, 2.24) is 0 Å². The van der Waals surface area contributed by atoms with Gasteiger partial charge in [0.05, 0.1) is 0 Å². The fourth-order valence-electron chi connectivity index (χ4n) is 2.47. The molecular weight excluding hydrogens is 323 g/mol. The van der Waals surface area contributed by atoms with Crippen LogP contribution in [-0.4, -0.2) is 14.9 Å². The Morgan fingerprint density at radius 3 is 2.45 bits per heavy atom. The number of benzene rings is 2. The molecule has 0 aliphatic rings. The van der Waals surface area contributed by atoms with E-state index in [-0.39, 0.29) is 17.3 Å². The number of carbonyl (C=O) groups excluding carboxylic acids is 1. The van der Waals surface area contributed by atoms with E-state index in [1.165, 1.54) is 0 Å². The minimum Gasteiger partial charge on any atom is -0.403 e. The average Bonchev–Trinajstić information content (AvgIpc) is 2.35. The standard InChI is InChI=1S/C15H17O5PS/c1-15(2,9-13(16)22)12-8-7-10-5-3-4-6-11(10)14(12)20-21(17,18)19/h3-8H,9H2,1-2H3,(H,16,22)(H2,17,18,19). The largest absolute Gasteiger partial charge is 0.524 e. The molecule has 0 fully saturated rings. The SMILES string of the molecule is CC(C)(CC(=O)S)c1ccc2ccccc2c1OP(=O)(O)O. The minimum absolute atomic E-state index is 0.103. The third-order valence-electron chi connectivity index (χ3n) is 3.41. The van der Waals surface area contributed by atoms with Gasteiger partial charge < -0.3 is 4.52 Å². The number of hydrogen-bond donors (Lipinski definition) is 3. The Labute approximate surface area is 134 Å². The molecule has 0 aliphatic heterocycles. The van der Waals surface area contributed by atoms with Crippen LogP contribution in [0.2, 0.25) is 0 Å². The molecular formula is C15H17O5PS. The Bertz CT molecular complexity index is 766. The Hall–Kier alpha value is -1.33. The lowest BCUT2D eigenvalue weighted by Gasteiger charge is -2.27. The lowest BCUT2D eigenvalue weighted by molar-refractivity contribution is -0.111. The van der Waals surface area contributed by atoms with Gasteiger partial charge in [0, 0.05) is 22.8 Å². The van der Waals surface area contributed by atoms with Crippen LogP contribution in [0.15, 0.2) is 36.4 Å². The fourth-order valence-corrected chi connectivity index (χ4v) is 3.30. The molecule has 0 spiro atoms. The van der Waals surface area contributed by atoms with E-state index < -0.39 is 13.2 Å². The number of carbonyl (C=O) groups is 1. The third kappa shape index (κ3) is 3.90. The van der Waals surface area contributed by atoms with E-state index in [1.54, 1.807) is 32.0 Å². The highest BCUT2D eigenvalue weighted by Crippen LogP contribution is 2.46. The number of phosphoric ester groups is 1. The van der Waals surface area contributed by atoms with Gasteiger partial charge in [-0.25, -0.2) is 4.57 Å². The summed E-state index contributed by atoms with van der Waals surface area (Å²) < 4.78 is 16.3. The Balaban J connectivity index is 2.70. The quantitative estimate of drug-likeness (QED) is 0.574. The Morgan fingerprint density at radius 1 is 1.23 bits per heavy atom. The summed E-state index contributed by atoms with van der Waals surface area (Å²) in [5.74, 6) is 0.103. The van der Waals surface area contributed by atoms with Gasteiger partial charge in [0.25, 0.3) is 0 Å². The van der Waals surface area contributed by atoms with E-state index >= 15 is 0 Å². The van der Waals surface area contributed by atoms with Crippen molar-refractivity contribution in [3.63, 3.8) is 0 Å². The summed E-state index contributed by atoms with van der Waals surface area (Å²) in [4.78, 5) is 29.8. The van der Waals surface area contributed by atoms with Crippen LogP contribution in [0.4, 0.5) is 0 Å². The molecule has 0 aromatic heterocycles. The van der Waals surface area contributed by atoms with Gasteiger partial charge in [-0.1, -0.05) is 50.2 Å². The van der Waals surface area contributed by atoms with Crippen molar-refractivity contribution < 1.29 is 23.7 Å². The molecule has 2 rings (SSSR count). The highest BCUT2D eigenvalue weighted by Gasteiger charge is 2.30. The van der Waals surface area contributed by atoms with E-state index in [4.69, 9.17) is 4.52 Å². The van der Waals surface area contributed by atoms with Gasteiger partial charge >= 0.3 is 7.82 Å². The number of hydrogen-bond acceptors (Lipinski definition) is 3. The molecule has 0 unspecified atom stereocenters. The first-order valence-electron chi connectivity index (χ1n) is 6.59. The summed E-state index contributed by atoms with van der Waals surface area (Å²) >= 11 is 3.80. The maximum absolute atomic E-state index is 11.4. The molecule has 0 saturated heterocycles. The van der Waals surface area contributed by atoms with Gasteiger partial charge in [0.2, 0.25) is 0 Å². The van der Waals surface area contributed by atoms with Crippen molar-refractivity contribution in [1.29, 1.82) is 0 Å². The van der Waals surface area contributed by atoms with Gasteiger partial charge in [0.15, 0.2) is 5.12 Å². The van der Waals surface area contributed by atoms with E-state index in [2.05, 4.69) is 12.6 Å². The van der Waals surface area contributed by atoms with E-state index in [0.717, 1.165) is 5.39 Å². The Kier molecular flexibility index (Phi) is 4.68. The van der Waals surface area contributed by atoms with Crippen molar-refractivity contribution in [2.24, 2.45) is 0 Å². The minimum atomic E-state index is -4.73. The van der Waals surface area contributed by atoms with Crippen molar-refractivity contribution in [2.75, 3.05) is 0 Å². The zero-order chi connectivity index (χ0) is 16.5. The van der Waals surface area contributed by atoms with E-state index in [9.17, 15) is 19.1 Å². The maximum atomic E-state index is 11.4. The molecule has 0 radical (unpaired) electrons. The normalized spacial score (nSPS) is 12.4. The van der Waals surface area contributed by atoms with E-state index in [0.29, 0.717) is 10.9 Å². The second kappa shape index (κ2) is 6.05. The monoisotopic (exact) mass is 340 g/mol. The summed E-state index contributed by atoms with van der Waals surface area (Å²) in [6.07, 6.45) is 0.117. The third-order valence-corrected chi connectivity index (χ3v) is 3.99. The Morgan fingerprint density at radius 2 is 1.86 bits per heavy atom. The predicted octanol–water partition coefficient (Wildman–Crippen LogP) is 3.44. The fraction of sp³-hybridized carbons (Fsp3) is 0.267. The molecule has 2 aromatic carbocycles. The molecule has 5 nitrogen and oxygen atoms in total. The zero-order valence-corrected chi connectivity index (χ0v) is 14.0. The second-order valence-corrected chi connectivity index (χ2v) is 7.36. The highest BCUT2D eigenvalue weighted by molar-refractivity contribution is 7.96. The van der Waals surface area contributed by atoms with Crippen LogP contribution in [0, 0.1) is 0 Å². The lowest BCUT2D eigenvalue weighted by atomic mass is 9.80. The van der Waals surface area contributed by atoms with Crippen molar-refractivity contribution >= 4 is 36.3 Å². The molecule has 22 heavy (non-hydrogen) atoms. The predicted molar refractivity (Wildman–Crippen MR) is 88.3 cm³/mol. The molecule has 0 saturated carbocycles. The van der Waals surface area contributed by atoms with Crippen LogP contribution in [-0.2, 0) is 14.8 Å². The number of fused-ring (bicyclic) bond motifs is 1. The van der Waals surface area contributed by atoms with Crippen LogP contribution in [0.5, 0.6) is 5.75 Å². The van der Waals surface area contributed by atoms with Crippen LogP contribution in [0.3, 0.4) is 0 Å². The molecule has 0 heterocycles. The first-order valence-corrected chi connectivity index (χ1v) is 8.57. The van der Waals surface area contributed by atoms with Gasteiger partial charge in [-0.2, -0.15) is 0 Å². The first-order chi connectivity index (χ1) is 10.1. The van der Waals surface area contributed by atoms with E-state index in [1.807, 2.05) is 18.2 Å². The van der Waals surface area contributed by atoms with Crippen LogP contribution in [0.25, 0.3) is 10.8 Å². The number of thiol groups is 1. The van der Waals surface area contributed by atoms with Crippen LogP contribution in [0.1, 0.15) is 25.8 Å². The molecule has 2 N–H and O–H groups in total. The van der Waals surface area contributed by atoms with Crippen LogP contribution >= 0.6 is 20.5 Å². The summed E-state index contributed by atoms with van der Waals surface area (Å²) in [5.41, 5.74) is -0.121. The van der Waals surface area contributed by atoms with Crippen LogP contribution < -0.4 is 4.52 Å². The summed E-state index contributed by atoms with van der Waals surface area (Å²) in [7, 11) is -4.73.